The molecule has 2 amide bonds. The van der Waals surface area contributed by atoms with Crippen LogP contribution in [-0.2, 0) is 16.6 Å². The predicted molar refractivity (Wildman–Crippen MR) is 188 cm³/mol. The highest BCUT2D eigenvalue weighted by molar-refractivity contribution is 7.92. The second kappa shape index (κ2) is 15.3. The number of hydrogen-bond donors (Lipinski definition) is 3. The van der Waals surface area contributed by atoms with Gasteiger partial charge in [0.1, 0.15) is 10.6 Å². The molecule has 0 fully saturated rings. The number of rotatable bonds is 13. The number of anilines is 2. The molecule has 0 radical (unpaired) electrons. The largest absolute Gasteiger partial charge is 0.495 e. The number of benzene rings is 4. The van der Waals surface area contributed by atoms with Gasteiger partial charge in [-0.15, -0.1) is 0 Å². The van der Waals surface area contributed by atoms with E-state index in [0.29, 0.717) is 53.3 Å². The highest BCUT2D eigenvalue weighted by atomic mass is 32.2. The molecule has 4 aromatic carbocycles. The van der Waals surface area contributed by atoms with E-state index in [-0.39, 0.29) is 22.5 Å². The van der Waals surface area contributed by atoms with Crippen molar-refractivity contribution in [3.63, 3.8) is 0 Å². The molecule has 0 aliphatic heterocycles. The van der Waals surface area contributed by atoms with Gasteiger partial charge >= 0.3 is 0 Å². The number of aryl methyl sites for hydroxylation is 1. The van der Waals surface area contributed by atoms with Gasteiger partial charge in [0.25, 0.3) is 21.8 Å². The average molecular weight is 664 g/mol. The van der Waals surface area contributed by atoms with Crippen LogP contribution in [0.4, 0.5) is 11.4 Å². The summed E-state index contributed by atoms with van der Waals surface area (Å²) in [5.41, 5.74) is 5.12. The van der Waals surface area contributed by atoms with Crippen molar-refractivity contribution in [1.82, 2.24) is 15.2 Å². The van der Waals surface area contributed by atoms with Crippen molar-refractivity contribution in [1.29, 1.82) is 0 Å². The number of nitrogens with one attached hydrogen (secondary N) is 3. The Balaban J connectivity index is 1.27. The number of methoxy groups -OCH3 is 1. The number of pyridine rings is 1. The molecular weight excluding hydrogens is 627 g/mol. The van der Waals surface area contributed by atoms with Gasteiger partial charge < -0.3 is 20.3 Å². The van der Waals surface area contributed by atoms with Crippen LogP contribution in [-0.4, -0.2) is 57.4 Å². The van der Waals surface area contributed by atoms with E-state index in [1.165, 1.54) is 13.2 Å². The fourth-order valence-electron chi connectivity index (χ4n) is 5.10. The van der Waals surface area contributed by atoms with Gasteiger partial charge in [-0.2, -0.15) is 0 Å². The summed E-state index contributed by atoms with van der Waals surface area (Å²) in [5.74, 6) is -0.177. The van der Waals surface area contributed by atoms with E-state index in [1.807, 2.05) is 55.5 Å². The van der Waals surface area contributed by atoms with Gasteiger partial charge in [0.2, 0.25) is 0 Å². The third kappa shape index (κ3) is 8.56. The van der Waals surface area contributed by atoms with E-state index in [1.54, 1.807) is 72.7 Å². The first-order valence-corrected chi connectivity index (χ1v) is 16.8. The van der Waals surface area contributed by atoms with Crippen LogP contribution in [0.15, 0.2) is 120 Å². The minimum atomic E-state index is -4.09. The summed E-state index contributed by atoms with van der Waals surface area (Å²) in [6.07, 6.45) is 1.68. The number of aromatic nitrogens is 1. The van der Waals surface area contributed by atoms with E-state index in [2.05, 4.69) is 20.3 Å². The van der Waals surface area contributed by atoms with E-state index in [9.17, 15) is 18.0 Å². The maximum atomic E-state index is 13.7. The first-order valence-electron chi connectivity index (χ1n) is 15.3. The summed E-state index contributed by atoms with van der Waals surface area (Å²) >= 11 is 0. The summed E-state index contributed by atoms with van der Waals surface area (Å²) in [5, 5.41) is 6.09. The fourth-order valence-corrected chi connectivity index (χ4v) is 6.34. The lowest BCUT2D eigenvalue weighted by atomic mass is 10.0. The third-order valence-electron chi connectivity index (χ3n) is 7.50. The van der Waals surface area contributed by atoms with Crippen molar-refractivity contribution >= 4 is 33.2 Å². The summed E-state index contributed by atoms with van der Waals surface area (Å²) < 4.78 is 35.4. The lowest BCUT2D eigenvalue weighted by molar-refractivity contribution is 0.0783. The number of nitrogens with zero attached hydrogens (tertiary/aromatic N) is 2. The molecule has 1 heterocycles. The number of sulfonamides is 1. The van der Waals surface area contributed by atoms with Gasteiger partial charge in [0, 0.05) is 43.1 Å². The molecule has 0 saturated heterocycles. The second-order valence-corrected chi connectivity index (χ2v) is 12.8. The number of carbonyl (C=O) groups excluding carboxylic acids is 2. The van der Waals surface area contributed by atoms with Crippen LogP contribution in [0.1, 0.15) is 32.0 Å². The van der Waals surface area contributed by atoms with Crippen LogP contribution in [0.2, 0.25) is 0 Å². The lowest BCUT2D eigenvalue weighted by Crippen LogP contribution is -2.28. The van der Waals surface area contributed by atoms with Crippen molar-refractivity contribution < 1.29 is 22.7 Å². The minimum absolute atomic E-state index is 0.0521. The zero-order valence-electron chi connectivity index (χ0n) is 26.9. The molecule has 48 heavy (non-hydrogen) atoms. The first kappa shape index (κ1) is 33.7. The van der Waals surface area contributed by atoms with Crippen LogP contribution < -0.4 is 20.1 Å². The average Bonchev–Trinajstić information content (AvgIpc) is 3.10. The Hall–Kier alpha value is -5.68. The molecule has 5 rings (SSSR count). The molecule has 246 valence electrons. The van der Waals surface area contributed by atoms with Crippen molar-refractivity contribution in [3.05, 3.63) is 138 Å². The Morgan fingerprint density at radius 1 is 0.792 bits per heavy atom. The molecule has 0 aliphatic rings. The first-order chi connectivity index (χ1) is 23.1. The maximum absolute atomic E-state index is 13.7. The van der Waals surface area contributed by atoms with Gasteiger partial charge in [0.15, 0.2) is 0 Å². The van der Waals surface area contributed by atoms with E-state index >= 15 is 0 Å². The number of carbonyl (C=O) groups is 2. The third-order valence-corrected chi connectivity index (χ3v) is 8.91. The summed E-state index contributed by atoms with van der Waals surface area (Å²) in [6, 6.07) is 31.7. The molecule has 10 nitrogen and oxygen atoms in total. The zero-order valence-corrected chi connectivity index (χ0v) is 27.8. The second-order valence-electron chi connectivity index (χ2n) is 11.2. The van der Waals surface area contributed by atoms with E-state index < -0.39 is 10.0 Å². The Morgan fingerprint density at radius 3 is 2.31 bits per heavy atom. The maximum Gasteiger partial charge on any atom is 0.265 e. The minimum Gasteiger partial charge on any atom is -0.495 e. The smallest absolute Gasteiger partial charge is 0.265 e. The lowest BCUT2D eigenvalue weighted by Gasteiger charge is -2.17. The van der Waals surface area contributed by atoms with Crippen LogP contribution in [0.25, 0.3) is 11.1 Å². The molecule has 5 aromatic rings. The molecule has 0 atom stereocenters. The number of ether oxygens (including phenoxy) is 1. The van der Waals surface area contributed by atoms with E-state index in [0.717, 1.165) is 11.3 Å². The highest BCUT2D eigenvalue weighted by Crippen LogP contribution is 2.32. The molecule has 11 heteroatoms. The topological polar surface area (TPSA) is 130 Å². The van der Waals surface area contributed by atoms with Crippen LogP contribution >= 0.6 is 0 Å². The molecule has 0 bridgehead atoms. The van der Waals surface area contributed by atoms with Gasteiger partial charge in [-0.3, -0.25) is 19.3 Å². The highest BCUT2D eigenvalue weighted by Gasteiger charge is 2.22. The van der Waals surface area contributed by atoms with Crippen molar-refractivity contribution in [2.45, 2.75) is 18.4 Å². The molecule has 1 aromatic heterocycles. The Bertz CT molecular complexity index is 2020. The van der Waals surface area contributed by atoms with Crippen molar-refractivity contribution in [2.24, 2.45) is 0 Å². The number of hydrogen-bond acceptors (Lipinski definition) is 7. The van der Waals surface area contributed by atoms with Crippen LogP contribution in [0.3, 0.4) is 0 Å². The van der Waals surface area contributed by atoms with Gasteiger partial charge in [-0.25, -0.2) is 8.42 Å². The molecular formula is C37H37N5O5S. The SMILES string of the molecule is COc1ccc(-c2cccc(C(=O)N(C)Cc3ccccn3)c2)cc1S(=O)(=O)Nc1cccc(NCCNC(=O)c2cccc(C)c2)c1. The van der Waals surface area contributed by atoms with Crippen LogP contribution in [0.5, 0.6) is 5.75 Å². The molecule has 0 aliphatic carbocycles. The predicted octanol–water partition coefficient (Wildman–Crippen LogP) is 5.98. The standard InChI is InChI=1S/C37H37N5O5S/c1-26-9-6-11-29(21-26)36(43)40-20-19-39-31-14-8-15-32(24-31)41-48(45,46)35-23-28(16-17-34(35)47-3)27-10-7-12-30(22-27)37(44)42(2)25-33-13-4-5-18-38-33/h4-18,21-24,39,41H,19-20,25H2,1-3H3,(H,40,43). The monoisotopic (exact) mass is 663 g/mol. The molecule has 0 unspecified atom stereocenters. The Morgan fingerprint density at radius 2 is 1.54 bits per heavy atom. The zero-order chi connectivity index (χ0) is 34.1. The summed E-state index contributed by atoms with van der Waals surface area (Å²) in [4.78, 5) is 31.5. The van der Waals surface area contributed by atoms with E-state index in [4.69, 9.17) is 4.74 Å². The normalized spacial score (nSPS) is 11.0. The Kier molecular flexibility index (Phi) is 10.7. The fraction of sp³-hybridized carbons (Fsp3) is 0.162. The van der Waals surface area contributed by atoms with Crippen LogP contribution in [0, 0.1) is 6.92 Å². The molecule has 0 saturated carbocycles. The van der Waals surface area contributed by atoms with Crippen molar-refractivity contribution in [2.75, 3.05) is 37.3 Å². The number of amides is 2. The Labute approximate surface area is 280 Å². The quantitative estimate of drug-likeness (QED) is 0.132. The molecule has 3 N–H and O–H groups in total. The summed E-state index contributed by atoms with van der Waals surface area (Å²) in [6.45, 7) is 3.09. The molecule has 0 spiro atoms. The van der Waals surface area contributed by atoms with Gasteiger partial charge in [-0.1, -0.05) is 48.0 Å². The van der Waals surface area contributed by atoms with Gasteiger partial charge in [0.05, 0.1) is 25.0 Å². The van der Waals surface area contributed by atoms with Gasteiger partial charge in [-0.05, 0) is 84.8 Å². The van der Waals surface area contributed by atoms with Crippen molar-refractivity contribution in [3.8, 4) is 16.9 Å². The summed E-state index contributed by atoms with van der Waals surface area (Å²) in [7, 11) is -0.970.